The zero-order valence-electron chi connectivity index (χ0n) is 21.9. The summed E-state index contributed by atoms with van der Waals surface area (Å²) in [6.45, 7) is 8.59. The van der Waals surface area contributed by atoms with Crippen LogP contribution in [0.4, 0.5) is 0 Å². The Hall–Kier alpha value is -2.66. The van der Waals surface area contributed by atoms with Crippen LogP contribution in [-0.4, -0.2) is 58.0 Å². The SMILES string of the molecule is CCCn1cc2c3c(cccc31)[C@H]1CC(C(=O)N(C)C(C)C(C)Cc3cccnc3)CN(C)[C@@H]1C2. The molecule has 1 aliphatic heterocycles. The highest BCUT2D eigenvalue weighted by molar-refractivity contribution is 5.89. The van der Waals surface area contributed by atoms with E-state index in [0.29, 0.717) is 23.8 Å². The van der Waals surface area contributed by atoms with Gasteiger partial charge in [-0.1, -0.05) is 32.0 Å². The number of likely N-dealkylation sites (tertiary alicyclic amines) is 1. The first kappa shape index (κ1) is 24.1. The van der Waals surface area contributed by atoms with E-state index in [2.05, 4.69) is 72.7 Å². The number of hydrogen-bond donors (Lipinski definition) is 0. The van der Waals surface area contributed by atoms with E-state index in [0.717, 1.165) is 38.8 Å². The number of nitrogens with zero attached hydrogens (tertiary/aromatic N) is 4. The van der Waals surface area contributed by atoms with Crippen LogP contribution in [0.15, 0.2) is 48.9 Å². The van der Waals surface area contributed by atoms with Crippen LogP contribution < -0.4 is 0 Å². The van der Waals surface area contributed by atoms with Crippen LogP contribution in [0.1, 0.15) is 56.2 Å². The summed E-state index contributed by atoms with van der Waals surface area (Å²) in [5, 5.41) is 1.45. The first-order valence-corrected chi connectivity index (χ1v) is 13.4. The number of carbonyl (C=O) groups excluding carboxylic acids is 1. The highest BCUT2D eigenvalue weighted by atomic mass is 16.2. The van der Waals surface area contributed by atoms with E-state index in [9.17, 15) is 4.79 Å². The van der Waals surface area contributed by atoms with E-state index < -0.39 is 0 Å². The third-order valence-corrected chi connectivity index (χ3v) is 8.80. The second-order valence-corrected chi connectivity index (χ2v) is 11.1. The van der Waals surface area contributed by atoms with Gasteiger partial charge in [-0.05, 0) is 74.4 Å². The zero-order valence-corrected chi connectivity index (χ0v) is 21.9. The van der Waals surface area contributed by atoms with Crippen molar-refractivity contribution in [3.8, 4) is 0 Å². The number of piperidine rings is 1. The van der Waals surface area contributed by atoms with Gasteiger partial charge in [0.2, 0.25) is 5.91 Å². The predicted molar refractivity (Wildman–Crippen MR) is 143 cm³/mol. The van der Waals surface area contributed by atoms with Gasteiger partial charge in [0, 0.05) is 67.6 Å². The minimum atomic E-state index is 0.0359. The molecule has 2 aliphatic rings. The Labute approximate surface area is 210 Å². The molecule has 5 heteroatoms. The van der Waals surface area contributed by atoms with Crippen molar-refractivity contribution < 1.29 is 4.79 Å². The minimum absolute atomic E-state index is 0.0359. The summed E-state index contributed by atoms with van der Waals surface area (Å²) >= 11 is 0. The van der Waals surface area contributed by atoms with Gasteiger partial charge in [-0.2, -0.15) is 0 Å². The van der Waals surface area contributed by atoms with Crippen LogP contribution in [-0.2, 0) is 24.2 Å². The maximum Gasteiger partial charge on any atom is 0.226 e. The average Bonchev–Trinajstić information content (AvgIpc) is 3.22. The van der Waals surface area contributed by atoms with Crippen molar-refractivity contribution in [3.63, 3.8) is 0 Å². The van der Waals surface area contributed by atoms with Gasteiger partial charge in [-0.3, -0.25) is 9.78 Å². The van der Waals surface area contributed by atoms with Crippen molar-refractivity contribution in [2.24, 2.45) is 11.8 Å². The second-order valence-electron chi connectivity index (χ2n) is 11.1. The Kier molecular flexibility index (Phi) is 6.71. The first-order valence-electron chi connectivity index (χ1n) is 13.4. The quantitative estimate of drug-likeness (QED) is 0.479. The third kappa shape index (κ3) is 4.40. The molecule has 0 spiro atoms. The summed E-state index contributed by atoms with van der Waals surface area (Å²) in [4.78, 5) is 22.5. The molecule has 5 atom stereocenters. The maximum atomic E-state index is 13.8. The molecule has 3 aromatic rings. The Bertz CT molecular complexity index is 1190. The monoisotopic (exact) mass is 472 g/mol. The summed E-state index contributed by atoms with van der Waals surface area (Å²) in [6, 6.07) is 11.6. The van der Waals surface area contributed by atoms with Gasteiger partial charge >= 0.3 is 0 Å². The number of amides is 1. The van der Waals surface area contributed by atoms with Gasteiger partial charge < -0.3 is 14.4 Å². The second kappa shape index (κ2) is 9.77. The van der Waals surface area contributed by atoms with Crippen LogP contribution in [0, 0.1) is 11.8 Å². The molecule has 5 rings (SSSR count). The number of rotatable bonds is 7. The van der Waals surface area contributed by atoms with Gasteiger partial charge in [-0.25, -0.2) is 0 Å². The summed E-state index contributed by atoms with van der Waals surface area (Å²) in [5.74, 6) is 1.11. The van der Waals surface area contributed by atoms with E-state index in [1.165, 1.54) is 27.6 Å². The number of carbonyl (C=O) groups is 1. The largest absolute Gasteiger partial charge is 0.347 e. The molecule has 0 N–H and O–H groups in total. The molecule has 3 unspecified atom stereocenters. The standard InChI is InChI=1S/C30H40N4O/c1-6-13-34-19-23-16-28-26(25-10-7-11-27(34)29(23)25)15-24(18-32(28)4)30(35)33(5)21(3)20(2)14-22-9-8-12-31-17-22/h7-12,17,19-21,24,26,28H,6,13-16,18H2,1-5H3/t20?,21?,24?,26-,28-/m1/s1. The summed E-state index contributed by atoms with van der Waals surface area (Å²) in [5.41, 5.74) is 5.53. The van der Waals surface area contributed by atoms with Crippen LogP contribution in [0.2, 0.25) is 0 Å². The van der Waals surface area contributed by atoms with Crippen LogP contribution >= 0.6 is 0 Å². The molecule has 1 amide bonds. The Balaban J connectivity index is 1.35. The van der Waals surface area contributed by atoms with Gasteiger partial charge in [0.1, 0.15) is 0 Å². The van der Waals surface area contributed by atoms with E-state index >= 15 is 0 Å². The van der Waals surface area contributed by atoms with Gasteiger partial charge in [-0.15, -0.1) is 0 Å². The fraction of sp³-hybridized carbons (Fsp3) is 0.533. The summed E-state index contributed by atoms with van der Waals surface area (Å²) in [6.07, 6.45) is 10.2. The predicted octanol–water partition coefficient (Wildman–Crippen LogP) is 5.13. The van der Waals surface area contributed by atoms with Crippen LogP contribution in [0.5, 0.6) is 0 Å². The maximum absolute atomic E-state index is 13.8. The molecule has 1 fully saturated rings. The minimum Gasteiger partial charge on any atom is -0.347 e. The molecule has 35 heavy (non-hydrogen) atoms. The van der Waals surface area contributed by atoms with Crippen molar-refractivity contribution >= 4 is 16.8 Å². The normalized spacial score (nSPS) is 23.6. The van der Waals surface area contributed by atoms with Gasteiger partial charge in [0.05, 0.1) is 5.92 Å². The highest BCUT2D eigenvalue weighted by Crippen LogP contribution is 2.45. The Morgan fingerprint density at radius 2 is 2.06 bits per heavy atom. The number of benzene rings is 1. The van der Waals surface area contributed by atoms with Crippen molar-refractivity contribution in [1.82, 2.24) is 19.4 Å². The Morgan fingerprint density at radius 1 is 1.23 bits per heavy atom. The highest BCUT2D eigenvalue weighted by Gasteiger charge is 2.42. The van der Waals surface area contributed by atoms with Crippen molar-refractivity contribution in [3.05, 3.63) is 65.6 Å². The molecule has 0 radical (unpaired) electrons. The van der Waals surface area contributed by atoms with Crippen molar-refractivity contribution in [2.45, 2.75) is 71.0 Å². The lowest BCUT2D eigenvalue weighted by Gasteiger charge is -2.46. The molecular weight excluding hydrogens is 432 g/mol. The smallest absolute Gasteiger partial charge is 0.226 e. The molecule has 186 valence electrons. The number of hydrogen-bond acceptors (Lipinski definition) is 3. The van der Waals surface area contributed by atoms with E-state index in [-0.39, 0.29) is 12.0 Å². The van der Waals surface area contributed by atoms with Crippen LogP contribution in [0.25, 0.3) is 10.9 Å². The molecule has 1 aliphatic carbocycles. The van der Waals surface area contributed by atoms with Gasteiger partial charge in [0.25, 0.3) is 0 Å². The number of fused-ring (bicyclic) bond motifs is 2. The topological polar surface area (TPSA) is 41.4 Å². The molecule has 5 nitrogen and oxygen atoms in total. The molecule has 1 aromatic carbocycles. The fourth-order valence-electron chi connectivity index (χ4n) is 6.66. The van der Waals surface area contributed by atoms with Gasteiger partial charge in [0.15, 0.2) is 0 Å². The van der Waals surface area contributed by atoms with Crippen LogP contribution in [0.3, 0.4) is 0 Å². The fourth-order valence-corrected chi connectivity index (χ4v) is 6.66. The summed E-state index contributed by atoms with van der Waals surface area (Å²) in [7, 11) is 4.23. The van der Waals surface area contributed by atoms with E-state index in [1.54, 1.807) is 0 Å². The molecular formula is C30H40N4O. The zero-order chi connectivity index (χ0) is 24.7. The average molecular weight is 473 g/mol. The number of aryl methyl sites for hydroxylation is 1. The first-order chi connectivity index (χ1) is 16.9. The van der Waals surface area contributed by atoms with Crippen molar-refractivity contribution in [1.29, 1.82) is 0 Å². The molecule has 3 heterocycles. The summed E-state index contributed by atoms with van der Waals surface area (Å²) < 4.78 is 2.44. The van der Waals surface area contributed by atoms with E-state index in [1.807, 2.05) is 30.4 Å². The molecule has 0 saturated carbocycles. The Morgan fingerprint density at radius 3 is 2.80 bits per heavy atom. The lowest BCUT2D eigenvalue weighted by atomic mass is 9.72. The third-order valence-electron chi connectivity index (χ3n) is 8.80. The molecule has 2 aromatic heterocycles. The number of aromatic nitrogens is 2. The van der Waals surface area contributed by atoms with Crippen molar-refractivity contribution in [2.75, 3.05) is 20.6 Å². The number of pyridine rings is 1. The molecule has 0 bridgehead atoms. The molecule has 1 saturated heterocycles. The van der Waals surface area contributed by atoms with E-state index in [4.69, 9.17) is 0 Å². The number of likely N-dealkylation sites (N-methyl/N-ethyl adjacent to an activating group) is 1. The lowest BCUT2D eigenvalue weighted by molar-refractivity contribution is -0.139. The lowest BCUT2D eigenvalue weighted by Crippen LogP contribution is -2.53.